The van der Waals surface area contributed by atoms with Crippen molar-refractivity contribution in [2.75, 3.05) is 6.61 Å². The van der Waals surface area contributed by atoms with Gasteiger partial charge in [0.25, 0.3) is 0 Å². The zero-order valence-corrected chi connectivity index (χ0v) is 17.6. The molecule has 0 saturated carbocycles. The van der Waals surface area contributed by atoms with Crippen LogP contribution < -0.4 is 9.88 Å². The Bertz CT molecular complexity index is 728. The predicted molar refractivity (Wildman–Crippen MR) is 101 cm³/mol. The first-order valence-corrected chi connectivity index (χ1v) is 10.1. The molecule has 0 bridgehead atoms. The van der Waals surface area contributed by atoms with Gasteiger partial charge in [-0.3, -0.25) is 4.79 Å². The Labute approximate surface area is 157 Å². The second-order valence-electron chi connectivity index (χ2n) is 9.03. The average molecular weight is 386 g/mol. The lowest BCUT2D eigenvalue weighted by atomic mass is 9.75. The number of benzene rings is 1. The molecule has 0 atom stereocenters. The standard InChI is InChI=1S/C19H31NO5S/c1-17(2,3)25-16(21)19(6,7)12-18(4,5)13-24-14-8-10-15(11-9-14)26(20,22)23/h8-11H,12-13H2,1-7H3,(H2,20,22,23). The van der Waals surface area contributed by atoms with Gasteiger partial charge in [-0.25, -0.2) is 13.6 Å². The monoisotopic (exact) mass is 385 g/mol. The van der Waals surface area contributed by atoms with Gasteiger partial charge in [0.1, 0.15) is 11.4 Å². The summed E-state index contributed by atoms with van der Waals surface area (Å²) >= 11 is 0. The molecule has 2 N–H and O–H groups in total. The summed E-state index contributed by atoms with van der Waals surface area (Å²) in [6.07, 6.45) is 0.574. The third kappa shape index (κ3) is 7.33. The molecule has 0 aliphatic rings. The van der Waals surface area contributed by atoms with Crippen molar-refractivity contribution in [3.63, 3.8) is 0 Å². The van der Waals surface area contributed by atoms with Crippen LogP contribution in [0.5, 0.6) is 5.75 Å². The van der Waals surface area contributed by atoms with E-state index in [-0.39, 0.29) is 16.3 Å². The van der Waals surface area contributed by atoms with Gasteiger partial charge in [0.15, 0.2) is 0 Å². The first kappa shape index (κ1) is 22.4. The van der Waals surface area contributed by atoms with E-state index in [0.717, 1.165) is 0 Å². The minimum atomic E-state index is -3.72. The highest BCUT2D eigenvalue weighted by Crippen LogP contribution is 2.36. The second kappa shape index (κ2) is 7.56. The van der Waals surface area contributed by atoms with Crippen LogP contribution in [0.3, 0.4) is 0 Å². The molecule has 0 heterocycles. The van der Waals surface area contributed by atoms with Crippen LogP contribution in [0.1, 0.15) is 54.9 Å². The Morgan fingerprint density at radius 3 is 1.92 bits per heavy atom. The van der Waals surface area contributed by atoms with Crippen LogP contribution >= 0.6 is 0 Å². The molecule has 148 valence electrons. The van der Waals surface area contributed by atoms with Crippen molar-refractivity contribution in [1.29, 1.82) is 0 Å². The first-order chi connectivity index (χ1) is 11.5. The number of rotatable bonds is 7. The zero-order valence-electron chi connectivity index (χ0n) is 16.8. The van der Waals surface area contributed by atoms with Crippen molar-refractivity contribution in [3.8, 4) is 5.75 Å². The Kier molecular flexibility index (Phi) is 6.53. The summed E-state index contributed by atoms with van der Waals surface area (Å²) in [7, 11) is -3.72. The number of sulfonamides is 1. The third-order valence-corrected chi connectivity index (χ3v) is 4.58. The van der Waals surface area contributed by atoms with E-state index in [1.165, 1.54) is 12.1 Å². The van der Waals surface area contributed by atoms with Gasteiger partial charge in [0, 0.05) is 0 Å². The van der Waals surface area contributed by atoms with E-state index in [9.17, 15) is 13.2 Å². The van der Waals surface area contributed by atoms with Crippen molar-refractivity contribution in [3.05, 3.63) is 24.3 Å². The lowest BCUT2D eigenvalue weighted by molar-refractivity contribution is -0.167. The maximum Gasteiger partial charge on any atom is 0.312 e. The Morgan fingerprint density at radius 1 is 1.00 bits per heavy atom. The zero-order chi connectivity index (χ0) is 20.4. The summed E-state index contributed by atoms with van der Waals surface area (Å²) in [6.45, 7) is 13.7. The van der Waals surface area contributed by atoms with Crippen LogP contribution in [-0.2, 0) is 19.6 Å². The van der Waals surface area contributed by atoms with Gasteiger partial charge in [0.2, 0.25) is 10.0 Å². The molecule has 0 amide bonds. The van der Waals surface area contributed by atoms with Gasteiger partial charge >= 0.3 is 5.97 Å². The fourth-order valence-corrected chi connectivity index (χ4v) is 3.26. The largest absolute Gasteiger partial charge is 0.493 e. The summed E-state index contributed by atoms with van der Waals surface area (Å²) in [5.41, 5.74) is -1.48. The van der Waals surface area contributed by atoms with Crippen LogP contribution in [0.4, 0.5) is 0 Å². The van der Waals surface area contributed by atoms with E-state index >= 15 is 0 Å². The molecule has 1 rings (SSSR count). The lowest BCUT2D eigenvalue weighted by Crippen LogP contribution is -2.38. The molecular formula is C19H31NO5S. The molecule has 0 spiro atoms. The van der Waals surface area contributed by atoms with Crippen molar-refractivity contribution in [2.24, 2.45) is 16.0 Å². The topological polar surface area (TPSA) is 95.7 Å². The van der Waals surface area contributed by atoms with Gasteiger partial charge in [-0.05, 0) is 70.7 Å². The van der Waals surface area contributed by atoms with E-state index < -0.39 is 21.0 Å². The predicted octanol–water partition coefficient (Wildman–Crippen LogP) is 3.50. The summed E-state index contributed by atoms with van der Waals surface area (Å²) in [5, 5.41) is 5.08. The number of ether oxygens (including phenoxy) is 2. The molecule has 0 aliphatic heterocycles. The van der Waals surface area contributed by atoms with Gasteiger partial charge in [-0.2, -0.15) is 0 Å². The molecule has 26 heavy (non-hydrogen) atoms. The number of primary sulfonamides is 1. The maximum atomic E-state index is 12.4. The van der Waals surface area contributed by atoms with E-state index in [0.29, 0.717) is 18.8 Å². The van der Waals surface area contributed by atoms with Crippen molar-refractivity contribution >= 4 is 16.0 Å². The maximum absolute atomic E-state index is 12.4. The number of hydrogen-bond donors (Lipinski definition) is 1. The molecular weight excluding hydrogens is 354 g/mol. The molecule has 0 aromatic heterocycles. The highest BCUT2D eigenvalue weighted by atomic mass is 32.2. The molecule has 0 fully saturated rings. The molecule has 0 aliphatic carbocycles. The summed E-state index contributed by atoms with van der Waals surface area (Å²) in [6, 6.07) is 5.94. The van der Waals surface area contributed by atoms with Gasteiger partial charge < -0.3 is 9.47 Å². The van der Waals surface area contributed by atoms with Gasteiger partial charge in [-0.1, -0.05) is 13.8 Å². The lowest BCUT2D eigenvalue weighted by Gasteiger charge is -2.35. The van der Waals surface area contributed by atoms with Gasteiger partial charge in [-0.15, -0.1) is 0 Å². The molecule has 0 radical (unpaired) electrons. The smallest absolute Gasteiger partial charge is 0.312 e. The van der Waals surface area contributed by atoms with Crippen LogP contribution in [0.25, 0.3) is 0 Å². The average Bonchev–Trinajstić information content (AvgIpc) is 2.42. The van der Waals surface area contributed by atoms with E-state index in [4.69, 9.17) is 14.6 Å². The number of esters is 1. The fraction of sp³-hybridized carbons (Fsp3) is 0.632. The van der Waals surface area contributed by atoms with Crippen molar-refractivity contribution in [1.82, 2.24) is 0 Å². The van der Waals surface area contributed by atoms with E-state index in [2.05, 4.69) is 0 Å². The third-order valence-electron chi connectivity index (χ3n) is 3.65. The molecule has 6 nitrogen and oxygen atoms in total. The highest BCUT2D eigenvalue weighted by Gasteiger charge is 2.38. The normalized spacial score (nSPS) is 13.4. The van der Waals surface area contributed by atoms with Gasteiger partial charge in [0.05, 0.1) is 16.9 Å². The summed E-state index contributed by atoms with van der Waals surface area (Å²) < 4.78 is 33.8. The number of carbonyl (C=O) groups is 1. The molecule has 1 aromatic rings. The van der Waals surface area contributed by atoms with Crippen LogP contribution in [-0.4, -0.2) is 26.6 Å². The number of carbonyl (C=O) groups excluding carboxylic acids is 1. The van der Waals surface area contributed by atoms with Crippen molar-refractivity contribution in [2.45, 2.75) is 65.4 Å². The number of hydrogen-bond acceptors (Lipinski definition) is 5. The Balaban J connectivity index is 2.72. The molecule has 0 unspecified atom stereocenters. The minimum absolute atomic E-state index is 0.0372. The number of nitrogens with two attached hydrogens (primary N) is 1. The highest BCUT2D eigenvalue weighted by molar-refractivity contribution is 7.89. The van der Waals surface area contributed by atoms with Crippen LogP contribution in [0.15, 0.2) is 29.2 Å². The van der Waals surface area contributed by atoms with Crippen molar-refractivity contribution < 1.29 is 22.7 Å². The molecule has 1 aromatic carbocycles. The molecule has 7 heteroatoms. The van der Waals surface area contributed by atoms with E-state index in [1.807, 2.05) is 48.5 Å². The minimum Gasteiger partial charge on any atom is -0.493 e. The Hall–Kier alpha value is -1.60. The van der Waals surface area contributed by atoms with Crippen LogP contribution in [0.2, 0.25) is 0 Å². The summed E-state index contributed by atoms with van der Waals surface area (Å²) in [4.78, 5) is 12.5. The fourth-order valence-electron chi connectivity index (χ4n) is 2.74. The molecule has 0 saturated heterocycles. The second-order valence-corrected chi connectivity index (χ2v) is 10.6. The first-order valence-electron chi connectivity index (χ1n) is 8.51. The van der Waals surface area contributed by atoms with E-state index in [1.54, 1.807) is 12.1 Å². The Morgan fingerprint density at radius 2 is 1.50 bits per heavy atom. The summed E-state index contributed by atoms with van der Waals surface area (Å²) in [5.74, 6) is 0.302. The van der Waals surface area contributed by atoms with Crippen LogP contribution in [0, 0.1) is 10.8 Å². The SMILES string of the molecule is CC(C)(COc1ccc(S(N)(=O)=O)cc1)CC(C)(C)C(=O)OC(C)(C)C. The quantitative estimate of drug-likeness (QED) is 0.725.